The maximum absolute atomic E-state index is 13.0. The predicted molar refractivity (Wildman–Crippen MR) is 43.1 cm³/mol. The number of aromatic nitrogens is 1. The molecule has 1 rings (SSSR count). The van der Waals surface area contributed by atoms with E-state index in [1.54, 1.807) is 6.92 Å². The van der Waals surface area contributed by atoms with Gasteiger partial charge in [-0.15, -0.1) is 0 Å². The standard InChI is InChI=1S/C7H7BrFNO/c1-2-11-5-3-4-10-7(8)6(5)9/h3-4H,2H2,1H3. The van der Waals surface area contributed by atoms with E-state index in [0.717, 1.165) is 0 Å². The van der Waals surface area contributed by atoms with Gasteiger partial charge in [0.05, 0.1) is 6.61 Å². The van der Waals surface area contributed by atoms with Gasteiger partial charge in [-0.25, -0.2) is 4.98 Å². The number of hydrogen-bond donors (Lipinski definition) is 0. The van der Waals surface area contributed by atoms with Crippen LogP contribution >= 0.6 is 15.9 Å². The van der Waals surface area contributed by atoms with Gasteiger partial charge in [0.1, 0.15) is 4.60 Å². The van der Waals surface area contributed by atoms with E-state index in [2.05, 4.69) is 20.9 Å². The number of pyridine rings is 1. The molecule has 1 heterocycles. The van der Waals surface area contributed by atoms with Crippen LogP contribution in [0.3, 0.4) is 0 Å². The lowest BCUT2D eigenvalue weighted by Crippen LogP contribution is -1.95. The van der Waals surface area contributed by atoms with Gasteiger partial charge >= 0.3 is 0 Å². The molecule has 11 heavy (non-hydrogen) atoms. The van der Waals surface area contributed by atoms with Gasteiger partial charge in [0.2, 0.25) is 0 Å². The quantitative estimate of drug-likeness (QED) is 0.714. The van der Waals surface area contributed by atoms with Crippen molar-refractivity contribution in [3.63, 3.8) is 0 Å². The summed E-state index contributed by atoms with van der Waals surface area (Å²) < 4.78 is 18.1. The summed E-state index contributed by atoms with van der Waals surface area (Å²) in [6.07, 6.45) is 1.48. The molecule has 60 valence electrons. The molecule has 4 heteroatoms. The van der Waals surface area contributed by atoms with E-state index in [4.69, 9.17) is 4.74 Å². The minimum Gasteiger partial charge on any atom is -0.491 e. The average Bonchev–Trinajstić information content (AvgIpc) is 1.99. The largest absolute Gasteiger partial charge is 0.491 e. The van der Waals surface area contributed by atoms with Crippen LogP contribution in [0.25, 0.3) is 0 Å². The second-order valence-electron chi connectivity index (χ2n) is 1.85. The maximum atomic E-state index is 13.0. The fourth-order valence-corrected chi connectivity index (χ4v) is 0.982. The third-order valence-electron chi connectivity index (χ3n) is 1.11. The van der Waals surface area contributed by atoms with E-state index >= 15 is 0 Å². The van der Waals surface area contributed by atoms with Crippen LogP contribution in [0.15, 0.2) is 16.9 Å². The molecule has 0 amide bonds. The highest BCUT2D eigenvalue weighted by molar-refractivity contribution is 9.10. The molecule has 0 radical (unpaired) electrons. The molecule has 1 aromatic heterocycles. The SMILES string of the molecule is CCOc1ccnc(Br)c1F. The Hall–Kier alpha value is -0.640. The molecule has 0 aliphatic carbocycles. The highest BCUT2D eigenvalue weighted by Crippen LogP contribution is 2.21. The molecule has 0 aliphatic heterocycles. The van der Waals surface area contributed by atoms with Gasteiger partial charge in [-0.2, -0.15) is 4.39 Å². The van der Waals surface area contributed by atoms with E-state index in [1.807, 2.05) is 0 Å². The monoisotopic (exact) mass is 219 g/mol. The summed E-state index contributed by atoms with van der Waals surface area (Å²) in [7, 11) is 0. The highest BCUT2D eigenvalue weighted by Gasteiger charge is 2.06. The number of hydrogen-bond acceptors (Lipinski definition) is 2. The number of ether oxygens (including phenoxy) is 1. The van der Waals surface area contributed by atoms with E-state index < -0.39 is 5.82 Å². The Labute approximate surface area is 72.5 Å². The molecule has 0 saturated carbocycles. The number of nitrogens with zero attached hydrogens (tertiary/aromatic N) is 1. The van der Waals surface area contributed by atoms with E-state index in [9.17, 15) is 4.39 Å². The summed E-state index contributed by atoms with van der Waals surface area (Å²) in [5, 5.41) is 0. The number of halogens is 2. The lowest BCUT2D eigenvalue weighted by atomic mass is 10.4. The first-order valence-corrected chi connectivity index (χ1v) is 3.97. The van der Waals surface area contributed by atoms with Gasteiger partial charge in [0.25, 0.3) is 0 Å². The van der Waals surface area contributed by atoms with Crippen molar-refractivity contribution >= 4 is 15.9 Å². The van der Waals surface area contributed by atoms with Crippen LogP contribution in [0.1, 0.15) is 6.92 Å². The van der Waals surface area contributed by atoms with Crippen molar-refractivity contribution in [3.8, 4) is 5.75 Å². The molecule has 0 aromatic carbocycles. The molecule has 0 bridgehead atoms. The number of rotatable bonds is 2. The molecule has 0 fully saturated rings. The van der Waals surface area contributed by atoms with Gasteiger partial charge in [-0.05, 0) is 22.9 Å². The summed E-state index contributed by atoms with van der Waals surface area (Å²) in [5.74, 6) is -0.219. The summed E-state index contributed by atoms with van der Waals surface area (Å²) in [6.45, 7) is 2.25. The molecule has 2 nitrogen and oxygen atoms in total. The lowest BCUT2D eigenvalue weighted by Gasteiger charge is -2.03. The second kappa shape index (κ2) is 3.67. The van der Waals surface area contributed by atoms with Crippen molar-refractivity contribution < 1.29 is 9.13 Å². The zero-order chi connectivity index (χ0) is 8.27. The molecule has 0 saturated heterocycles. The summed E-state index contributed by atoms with van der Waals surface area (Å²) in [4.78, 5) is 3.68. The third-order valence-corrected chi connectivity index (χ3v) is 1.66. The fraction of sp³-hybridized carbons (Fsp3) is 0.286. The van der Waals surface area contributed by atoms with Crippen LogP contribution in [0.4, 0.5) is 4.39 Å². The molecule has 1 aromatic rings. The Morgan fingerprint density at radius 1 is 1.73 bits per heavy atom. The summed E-state index contributed by atoms with van der Waals surface area (Å²) in [5.41, 5.74) is 0. The van der Waals surface area contributed by atoms with Gasteiger partial charge in [0, 0.05) is 12.3 Å². The van der Waals surface area contributed by atoms with Crippen molar-refractivity contribution in [2.75, 3.05) is 6.61 Å². The first-order valence-electron chi connectivity index (χ1n) is 3.18. The van der Waals surface area contributed by atoms with Gasteiger partial charge in [0.15, 0.2) is 11.6 Å². The van der Waals surface area contributed by atoms with Crippen molar-refractivity contribution in [2.45, 2.75) is 6.92 Å². The zero-order valence-electron chi connectivity index (χ0n) is 5.97. The highest BCUT2D eigenvalue weighted by atomic mass is 79.9. The normalized spacial score (nSPS) is 9.73. The minimum atomic E-state index is -0.450. The van der Waals surface area contributed by atoms with Gasteiger partial charge < -0.3 is 4.74 Å². The molecule has 0 spiro atoms. The van der Waals surface area contributed by atoms with E-state index in [0.29, 0.717) is 6.61 Å². The Morgan fingerprint density at radius 3 is 3.09 bits per heavy atom. The van der Waals surface area contributed by atoms with E-state index in [1.165, 1.54) is 12.3 Å². The van der Waals surface area contributed by atoms with Crippen LogP contribution in [0, 0.1) is 5.82 Å². The van der Waals surface area contributed by atoms with Crippen molar-refractivity contribution in [2.24, 2.45) is 0 Å². The fourth-order valence-electron chi connectivity index (χ4n) is 0.669. The average molecular weight is 220 g/mol. The van der Waals surface area contributed by atoms with Crippen molar-refractivity contribution in [1.29, 1.82) is 0 Å². The molecule has 0 unspecified atom stereocenters. The molecular weight excluding hydrogens is 213 g/mol. The third kappa shape index (κ3) is 1.89. The molecule has 0 aliphatic rings. The Balaban J connectivity index is 2.96. The van der Waals surface area contributed by atoms with Crippen LogP contribution in [-0.2, 0) is 0 Å². The van der Waals surface area contributed by atoms with Crippen molar-refractivity contribution in [1.82, 2.24) is 4.98 Å². The minimum absolute atomic E-state index is 0.184. The first kappa shape index (κ1) is 8.46. The van der Waals surface area contributed by atoms with Crippen LogP contribution < -0.4 is 4.74 Å². The van der Waals surface area contributed by atoms with Crippen LogP contribution in [0.2, 0.25) is 0 Å². The van der Waals surface area contributed by atoms with E-state index in [-0.39, 0.29) is 10.4 Å². The maximum Gasteiger partial charge on any atom is 0.197 e. The Morgan fingerprint density at radius 2 is 2.45 bits per heavy atom. The smallest absolute Gasteiger partial charge is 0.197 e. The van der Waals surface area contributed by atoms with Crippen LogP contribution in [-0.4, -0.2) is 11.6 Å². The van der Waals surface area contributed by atoms with Gasteiger partial charge in [-0.3, -0.25) is 0 Å². The molecular formula is C7H7BrFNO. The zero-order valence-corrected chi connectivity index (χ0v) is 7.56. The predicted octanol–water partition coefficient (Wildman–Crippen LogP) is 2.38. The molecule has 0 N–H and O–H groups in total. The lowest BCUT2D eigenvalue weighted by molar-refractivity contribution is 0.319. The van der Waals surface area contributed by atoms with Crippen LogP contribution in [0.5, 0.6) is 5.75 Å². The van der Waals surface area contributed by atoms with Crippen molar-refractivity contribution in [3.05, 3.63) is 22.7 Å². The summed E-state index contributed by atoms with van der Waals surface area (Å²) in [6, 6.07) is 1.49. The van der Waals surface area contributed by atoms with Gasteiger partial charge in [-0.1, -0.05) is 0 Å². The Bertz CT molecular complexity index is 254. The summed E-state index contributed by atoms with van der Waals surface area (Å²) >= 11 is 2.95. The topological polar surface area (TPSA) is 22.1 Å². The molecule has 0 atom stereocenters. The first-order chi connectivity index (χ1) is 5.25. The Kier molecular flexibility index (Phi) is 2.82. The second-order valence-corrected chi connectivity index (χ2v) is 2.60.